The van der Waals surface area contributed by atoms with Gasteiger partial charge in [0.15, 0.2) is 5.96 Å². The number of aliphatic hydroxyl groups is 1. The molecular weight excluding hydrogens is 477 g/mol. The summed E-state index contributed by atoms with van der Waals surface area (Å²) in [4.78, 5) is 4.21. The molecule has 1 aliphatic carbocycles. The Bertz CT molecular complexity index is 613. The van der Waals surface area contributed by atoms with Gasteiger partial charge in [0.2, 0.25) is 0 Å². The van der Waals surface area contributed by atoms with E-state index < -0.39 is 24.0 Å². The Balaban J connectivity index is 0.00000364. The highest BCUT2D eigenvalue weighted by Gasteiger charge is 2.42. The predicted octanol–water partition coefficient (Wildman–Crippen LogP) is 4.15. The van der Waals surface area contributed by atoms with Crippen LogP contribution in [0.2, 0.25) is 0 Å². The van der Waals surface area contributed by atoms with Crippen LogP contribution in [0.1, 0.15) is 44.3 Å². The smallest absolute Gasteiger partial charge is 0.386 e. The molecule has 9 heteroatoms. The van der Waals surface area contributed by atoms with E-state index in [1.165, 1.54) is 18.2 Å². The molecule has 0 bridgehead atoms. The first kappa shape index (κ1) is 23.9. The summed E-state index contributed by atoms with van der Waals surface area (Å²) in [6, 6.07) is 5.55. The second kappa shape index (κ2) is 11.0. The van der Waals surface area contributed by atoms with Crippen molar-refractivity contribution in [3.8, 4) is 0 Å². The summed E-state index contributed by atoms with van der Waals surface area (Å²) in [7, 11) is 0. The zero-order valence-electron chi connectivity index (χ0n) is 15.1. The molecule has 3 N–H and O–H groups in total. The lowest BCUT2D eigenvalue weighted by Crippen LogP contribution is -2.47. The lowest BCUT2D eigenvalue weighted by atomic mass is 9.85. The molecule has 0 saturated heterocycles. The van der Waals surface area contributed by atoms with Crippen molar-refractivity contribution in [2.24, 2.45) is 10.9 Å². The second-order valence-electron chi connectivity index (χ2n) is 6.50. The minimum atomic E-state index is -4.18. The lowest BCUT2D eigenvalue weighted by molar-refractivity contribution is -0.183. The summed E-state index contributed by atoms with van der Waals surface area (Å²) < 4.78 is 52.5. The van der Waals surface area contributed by atoms with Gasteiger partial charge in [0.05, 0.1) is 12.5 Å². The number of rotatable bonds is 5. The Morgan fingerprint density at radius 1 is 1.30 bits per heavy atom. The van der Waals surface area contributed by atoms with E-state index >= 15 is 0 Å². The molecule has 154 valence electrons. The third-order valence-corrected chi connectivity index (χ3v) is 4.51. The monoisotopic (exact) mass is 503 g/mol. The predicted molar refractivity (Wildman–Crippen MR) is 108 cm³/mol. The molecule has 27 heavy (non-hydrogen) atoms. The number of nitrogens with one attached hydrogen (secondary N) is 2. The van der Waals surface area contributed by atoms with Gasteiger partial charge in [-0.05, 0) is 32.3 Å². The number of alkyl halides is 3. The van der Waals surface area contributed by atoms with Crippen molar-refractivity contribution in [2.45, 2.75) is 50.9 Å². The first-order valence-electron chi connectivity index (χ1n) is 8.85. The van der Waals surface area contributed by atoms with E-state index in [1.807, 2.05) is 6.92 Å². The Morgan fingerprint density at radius 2 is 2.00 bits per heavy atom. The number of halogens is 5. The van der Waals surface area contributed by atoms with E-state index in [9.17, 15) is 22.7 Å². The number of guanidine groups is 1. The molecule has 2 rings (SSSR count). The summed E-state index contributed by atoms with van der Waals surface area (Å²) in [5.74, 6) is -1.50. The highest BCUT2D eigenvalue weighted by atomic mass is 127. The largest absolute Gasteiger partial charge is 0.391 e. The molecule has 1 fully saturated rings. The quantitative estimate of drug-likeness (QED) is 0.245. The lowest BCUT2D eigenvalue weighted by Gasteiger charge is -2.32. The molecule has 0 aromatic heterocycles. The first-order valence-corrected chi connectivity index (χ1v) is 8.85. The van der Waals surface area contributed by atoms with Crippen LogP contribution in [0.15, 0.2) is 29.3 Å². The Morgan fingerprint density at radius 3 is 2.63 bits per heavy atom. The van der Waals surface area contributed by atoms with Crippen LogP contribution in [0.3, 0.4) is 0 Å². The van der Waals surface area contributed by atoms with E-state index in [4.69, 9.17) is 0 Å². The van der Waals surface area contributed by atoms with Crippen LogP contribution < -0.4 is 10.6 Å². The molecule has 1 aliphatic rings. The first-order chi connectivity index (χ1) is 12.3. The number of aliphatic imine (C=N–C) groups is 1. The van der Waals surface area contributed by atoms with Crippen molar-refractivity contribution in [1.82, 2.24) is 10.6 Å². The molecule has 0 radical (unpaired) electrons. The topological polar surface area (TPSA) is 56.7 Å². The van der Waals surface area contributed by atoms with Crippen LogP contribution in [0.25, 0.3) is 0 Å². The average molecular weight is 503 g/mol. The fourth-order valence-electron chi connectivity index (χ4n) is 3.15. The van der Waals surface area contributed by atoms with Crippen molar-refractivity contribution >= 4 is 29.9 Å². The molecule has 1 aromatic rings. The summed E-state index contributed by atoms with van der Waals surface area (Å²) in [5.41, 5.74) is 0.141. The summed E-state index contributed by atoms with van der Waals surface area (Å²) >= 11 is 0. The van der Waals surface area contributed by atoms with Gasteiger partial charge in [0, 0.05) is 18.2 Å². The SMILES string of the molecule is CCNC(=NCC(O)c1ccccc1F)NC1CCCC(C(F)(F)F)C1.I. The van der Waals surface area contributed by atoms with Crippen LogP contribution >= 0.6 is 24.0 Å². The van der Waals surface area contributed by atoms with Gasteiger partial charge in [0.25, 0.3) is 0 Å². The van der Waals surface area contributed by atoms with Crippen LogP contribution in [0.5, 0.6) is 0 Å². The molecule has 1 saturated carbocycles. The van der Waals surface area contributed by atoms with Crippen LogP contribution in [0, 0.1) is 11.7 Å². The second-order valence-corrected chi connectivity index (χ2v) is 6.50. The van der Waals surface area contributed by atoms with Crippen molar-refractivity contribution in [1.29, 1.82) is 0 Å². The minimum absolute atomic E-state index is 0. The van der Waals surface area contributed by atoms with Gasteiger partial charge in [0.1, 0.15) is 11.9 Å². The third kappa shape index (κ3) is 7.44. The van der Waals surface area contributed by atoms with Crippen molar-refractivity contribution in [2.75, 3.05) is 13.1 Å². The number of hydrogen-bond donors (Lipinski definition) is 3. The minimum Gasteiger partial charge on any atom is -0.386 e. The van der Waals surface area contributed by atoms with E-state index in [1.54, 1.807) is 6.07 Å². The van der Waals surface area contributed by atoms with E-state index in [-0.39, 0.29) is 55.0 Å². The molecule has 3 unspecified atom stereocenters. The van der Waals surface area contributed by atoms with Gasteiger partial charge in [-0.3, -0.25) is 4.99 Å². The molecule has 0 spiro atoms. The number of aliphatic hydroxyl groups excluding tert-OH is 1. The van der Waals surface area contributed by atoms with Crippen molar-refractivity contribution in [3.05, 3.63) is 35.6 Å². The van der Waals surface area contributed by atoms with Crippen LogP contribution in [-0.4, -0.2) is 36.4 Å². The van der Waals surface area contributed by atoms with Crippen LogP contribution in [0.4, 0.5) is 17.6 Å². The number of nitrogens with zero attached hydrogens (tertiary/aromatic N) is 1. The van der Waals surface area contributed by atoms with E-state index in [0.717, 1.165) is 0 Å². The van der Waals surface area contributed by atoms with Gasteiger partial charge in [-0.25, -0.2) is 4.39 Å². The van der Waals surface area contributed by atoms with Crippen LogP contribution in [-0.2, 0) is 0 Å². The molecule has 0 amide bonds. The fourth-order valence-corrected chi connectivity index (χ4v) is 3.15. The molecule has 0 aliphatic heterocycles. The maximum Gasteiger partial charge on any atom is 0.391 e. The Labute approximate surface area is 173 Å². The molecule has 0 heterocycles. The maximum absolute atomic E-state index is 13.7. The standard InChI is InChI=1S/C18H25F4N3O.HI/c1-2-23-17(24-11-16(26)14-8-3-4-9-15(14)19)25-13-7-5-6-12(10-13)18(20,21)22;/h3-4,8-9,12-13,16,26H,2,5-7,10-11H2,1H3,(H2,23,24,25);1H. The van der Waals surface area contributed by atoms with Gasteiger partial charge < -0.3 is 15.7 Å². The summed E-state index contributed by atoms with van der Waals surface area (Å²) in [5, 5.41) is 16.1. The van der Waals surface area contributed by atoms with Gasteiger partial charge in [-0.2, -0.15) is 13.2 Å². The normalized spacial score (nSPS) is 21.9. The molecule has 4 nitrogen and oxygen atoms in total. The molecular formula is C18H26F4IN3O. The molecule has 1 aromatic carbocycles. The van der Waals surface area contributed by atoms with E-state index in [0.29, 0.717) is 25.3 Å². The fraction of sp³-hybridized carbons (Fsp3) is 0.611. The van der Waals surface area contributed by atoms with Crippen molar-refractivity contribution < 1.29 is 22.7 Å². The highest BCUT2D eigenvalue weighted by Crippen LogP contribution is 2.37. The number of hydrogen-bond acceptors (Lipinski definition) is 2. The summed E-state index contributed by atoms with van der Waals surface area (Å²) in [6.07, 6.45) is -4.02. The highest BCUT2D eigenvalue weighted by molar-refractivity contribution is 14.0. The molecule has 3 atom stereocenters. The Kier molecular flexibility index (Phi) is 9.78. The van der Waals surface area contributed by atoms with E-state index in [2.05, 4.69) is 15.6 Å². The summed E-state index contributed by atoms with van der Waals surface area (Å²) in [6.45, 7) is 2.27. The number of benzene rings is 1. The third-order valence-electron chi connectivity index (χ3n) is 4.51. The Hall–Kier alpha value is -1.10. The zero-order valence-corrected chi connectivity index (χ0v) is 17.4. The van der Waals surface area contributed by atoms with Gasteiger partial charge in [-0.15, -0.1) is 24.0 Å². The van der Waals surface area contributed by atoms with Crippen molar-refractivity contribution in [3.63, 3.8) is 0 Å². The van der Waals surface area contributed by atoms with Gasteiger partial charge in [-0.1, -0.05) is 24.6 Å². The maximum atomic E-state index is 13.7. The average Bonchev–Trinajstić information content (AvgIpc) is 2.59. The zero-order chi connectivity index (χ0) is 19.2. The van der Waals surface area contributed by atoms with Gasteiger partial charge >= 0.3 is 6.18 Å².